The van der Waals surface area contributed by atoms with Crippen LogP contribution < -0.4 is 15.2 Å². The van der Waals surface area contributed by atoms with Crippen LogP contribution in [0.3, 0.4) is 0 Å². The van der Waals surface area contributed by atoms with Crippen LogP contribution in [-0.4, -0.2) is 11.8 Å². The van der Waals surface area contributed by atoms with Gasteiger partial charge in [-0.3, -0.25) is 0 Å². The Hall–Kier alpha value is -2.01. The molecule has 0 aliphatic carbocycles. The van der Waals surface area contributed by atoms with E-state index in [1.807, 2.05) is 31.2 Å². The summed E-state index contributed by atoms with van der Waals surface area (Å²) in [6, 6.07) is 9.22. The number of ether oxygens (including phenoxy) is 2. The van der Waals surface area contributed by atoms with Crippen molar-refractivity contribution in [3.8, 4) is 11.5 Å². The van der Waals surface area contributed by atoms with Gasteiger partial charge in [-0.15, -0.1) is 0 Å². The highest BCUT2D eigenvalue weighted by Gasteiger charge is 2.03. The maximum atomic E-state index is 5.55. The van der Waals surface area contributed by atoms with Crippen molar-refractivity contribution in [3.05, 3.63) is 41.8 Å². The number of nitrogens with two attached hydrogens (primary N) is 1. The lowest BCUT2D eigenvalue weighted by Gasteiger charge is -2.05. The zero-order chi connectivity index (χ0) is 12.8. The van der Waals surface area contributed by atoms with E-state index in [1.165, 1.54) is 0 Å². The molecule has 0 saturated heterocycles. The number of hydrogen-bond acceptors (Lipinski definition) is 5. The predicted molar refractivity (Wildman–Crippen MR) is 66.3 cm³/mol. The molecule has 0 amide bonds. The van der Waals surface area contributed by atoms with Crippen molar-refractivity contribution in [2.75, 3.05) is 6.61 Å². The predicted octanol–water partition coefficient (Wildman–Crippen LogP) is 2.11. The smallest absolute Gasteiger partial charge is 0.174 e. The van der Waals surface area contributed by atoms with Crippen LogP contribution in [0.4, 0.5) is 0 Å². The average molecular weight is 248 g/mol. The number of rotatable bonds is 6. The van der Waals surface area contributed by atoms with Crippen molar-refractivity contribution >= 4 is 0 Å². The van der Waals surface area contributed by atoms with Crippen molar-refractivity contribution < 1.29 is 14.0 Å². The molecule has 0 aliphatic rings. The van der Waals surface area contributed by atoms with Gasteiger partial charge in [0.05, 0.1) is 12.3 Å². The fourth-order valence-corrected chi connectivity index (χ4v) is 1.47. The van der Waals surface area contributed by atoms with Crippen molar-refractivity contribution in [3.63, 3.8) is 0 Å². The Morgan fingerprint density at radius 1 is 1.17 bits per heavy atom. The van der Waals surface area contributed by atoms with Crippen LogP contribution in [0.5, 0.6) is 11.5 Å². The summed E-state index contributed by atoms with van der Waals surface area (Å²) >= 11 is 0. The Morgan fingerprint density at radius 2 is 1.83 bits per heavy atom. The molecule has 0 saturated carbocycles. The van der Waals surface area contributed by atoms with Gasteiger partial charge >= 0.3 is 0 Å². The van der Waals surface area contributed by atoms with E-state index < -0.39 is 0 Å². The molecule has 18 heavy (non-hydrogen) atoms. The Balaban J connectivity index is 1.89. The minimum Gasteiger partial charge on any atom is -0.494 e. The Bertz CT molecular complexity index is 479. The lowest BCUT2D eigenvalue weighted by atomic mass is 10.3. The van der Waals surface area contributed by atoms with Gasteiger partial charge in [0.25, 0.3) is 0 Å². The van der Waals surface area contributed by atoms with Crippen LogP contribution in [0.2, 0.25) is 0 Å². The quantitative estimate of drug-likeness (QED) is 0.847. The topological polar surface area (TPSA) is 70.5 Å². The zero-order valence-corrected chi connectivity index (χ0v) is 10.3. The first-order chi connectivity index (χ1) is 8.81. The summed E-state index contributed by atoms with van der Waals surface area (Å²) in [6.07, 6.45) is 0. The van der Waals surface area contributed by atoms with Crippen LogP contribution in [0, 0.1) is 0 Å². The minimum absolute atomic E-state index is 0.334. The van der Waals surface area contributed by atoms with Crippen LogP contribution >= 0.6 is 0 Å². The molecular formula is C13H16N2O3. The standard InChI is InChI=1S/C13H16N2O3/c1-2-16-11-3-5-12(6-4-11)17-9-13-7-10(8-14)15-18-13/h3-7H,2,8-9,14H2,1H3. The van der Waals surface area contributed by atoms with Crippen LogP contribution in [0.1, 0.15) is 18.4 Å². The second-order valence-electron chi connectivity index (χ2n) is 3.68. The molecule has 0 spiro atoms. The van der Waals surface area contributed by atoms with E-state index in [0.29, 0.717) is 25.5 Å². The molecule has 0 radical (unpaired) electrons. The van der Waals surface area contributed by atoms with Gasteiger partial charge in [0.15, 0.2) is 5.76 Å². The van der Waals surface area contributed by atoms with Gasteiger partial charge in [-0.2, -0.15) is 0 Å². The molecule has 0 bridgehead atoms. The van der Waals surface area contributed by atoms with E-state index in [1.54, 1.807) is 6.07 Å². The highest BCUT2D eigenvalue weighted by atomic mass is 16.5. The van der Waals surface area contributed by atoms with Gasteiger partial charge in [0.1, 0.15) is 18.1 Å². The summed E-state index contributed by atoms with van der Waals surface area (Å²) in [5, 5.41) is 3.79. The Kier molecular flexibility index (Phi) is 4.20. The zero-order valence-electron chi connectivity index (χ0n) is 10.3. The Labute approximate surface area is 105 Å². The van der Waals surface area contributed by atoms with E-state index in [2.05, 4.69) is 5.16 Å². The average Bonchev–Trinajstić information content (AvgIpc) is 2.86. The van der Waals surface area contributed by atoms with Gasteiger partial charge in [-0.05, 0) is 31.2 Å². The van der Waals surface area contributed by atoms with E-state index in [0.717, 1.165) is 17.2 Å². The number of aromatic nitrogens is 1. The molecule has 1 aromatic carbocycles. The summed E-state index contributed by atoms with van der Waals surface area (Å²) in [4.78, 5) is 0. The summed E-state index contributed by atoms with van der Waals surface area (Å²) in [6.45, 7) is 3.30. The summed E-state index contributed by atoms with van der Waals surface area (Å²) in [5.41, 5.74) is 6.16. The molecule has 5 nitrogen and oxygen atoms in total. The monoisotopic (exact) mass is 248 g/mol. The second-order valence-corrected chi connectivity index (χ2v) is 3.68. The number of nitrogens with zero attached hydrogens (tertiary/aromatic N) is 1. The fourth-order valence-electron chi connectivity index (χ4n) is 1.47. The third-order valence-corrected chi connectivity index (χ3v) is 2.33. The molecule has 0 aliphatic heterocycles. The lowest BCUT2D eigenvalue weighted by Crippen LogP contribution is -1.96. The van der Waals surface area contributed by atoms with Crippen molar-refractivity contribution in [2.45, 2.75) is 20.1 Å². The third kappa shape index (κ3) is 3.24. The van der Waals surface area contributed by atoms with Crippen molar-refractivity contribution in [1.29, 1.82) is 0 Å². The number of hydrogen-bond donors (Lipinski definition) is 1. The first-order valence-corrected chi connectivity index (χ1v) is 5.82. The first kappa shape index (κ1) is 12.4. The summed E-state index contributed by atoms with van der Waals surface area (Å²) in [7, 11) is 0. The molecule has 5 heteroatoms. The van der Waals surface area contributed by atoms with Gasteiger partial charge in [-0.25, -0.2) is 0 Å². The van der Waals surface area contributed by atoms with E-state index in [9.17, 15) is 0 Å². The molecule has 96 valence electrons. The molecular weight excluding hydrogens is 232 g/mol. The van der Waals surface area contributed by atoms with Gasteiger partial charge in [0, 0.05) is 12.6 Å². The van der Waals surface area contributed by atoms with Crippen molar-refractivity contribution in [1.82, 2.24) is 5.16 Å². The molecule has 0 atom stereocenters. The SMILES string of the molecule is CCOc1ccc(OCc2cc(CN)no2)cc1. The van der Waals surface area contributed by atoms with Crippen LogP contribution in [-0.2, 0) is 13.2 Å². The molecule has 0 unspecified atom stereocenters. The largest absolute Gasteiger partial charge is 0.494 e. The maximum absolute atomic E-state index is 5.55. The highest BCUT2D eigenvalue weighted by molar-refractivity contribution is 5.31. The number of benzene rings is 1. The highest BCUT2D eigenvalue weighted by Crippen LogP contribution is 2.18. The third-order valence-electron chi connectivity index (χ3n) is 2.33. The van der Waals surface area contributed by atoms with Crippen molar-refractivity contribution in [2.24, 2.45) is 5.73 Å². The molecule has 2 N–H and O–H groups in total. The van der Waals surface area contributed by atoms with Crippen LogP contribution in [0.25, 0.3) is 0 Å². The van der Waals surface area contributed by atoms with E-state index >= 15 is 0 Å². The lowest BCUT2D eigenvalue weighted by molar-refractivity contribution is 0.248. The van der Waals surface area contributed by atoms with E-state index in [4.69, 9.17) is 19.7 Å². The first-order valence-electron chi connectivity index (χ1n) is 5.82. The van der Waals surface area contributed by atoms with E-state index in [-0.39, 0.29) is 0 Å². The second kappa shape index (κ2) is 6.07. The molecule has 2 rings (SSSR count). The Morgan fingerprint density at radius 3 is 2.39 bits per heavy atom. The normalized spacial score (nSPS) is 10.3. The molecule has 0 fully saturated rings. The van der Waals surface area contributed by atoms with Gasteiger partial charge in [-0.1, -0.05) is 5.16 Å². The van der Waals surface area contributed by atoms with Gasteiger partial charge in [0.2, 0.25) is 0 Å². The molecule has 1 heterocycles. The molecule has 2 aromatic rings. The van der Waals surface area contributed by atoms with Crippen LogP contribution in [0.15, 0.2) is 34.9 Å². The fraction of sp³-hybridized carbons (Fsp3) is 0.308. The minimum atomic E-state index is 0.334. The molecule has 1 aromatic heterocycles. The summed E-state index contributed by atoms with van der Waals surface area (Å²) in [5.74, 6) is 2.24. The maximum Gasteiger partial charge on any atom is 0.174 e. The summed E-state index contributed by atoms with van der Waals surface area (Å²) < 4.78 is 16.0. The van der Waals surface area contributed by atoms with Gasteiger partial charge < -0.3 is 19.7 Å².